The number of esters is 1. The van der Waals surface area contributed by atoms with Gasteiger partial charge >= 0.3 is 5.97 Å². The van der Waals surface area contributed by atoms with Gasteiger partial charge in [-0.25, -0.2) is 0 Å². The molecule has 3 aromatic carbocycles. The lowest BCUT2D eigenvalue weighted by Crippen LogP contribution is -2.30. The maximum Gasteiger partial charge on any atom is 0.311 e. The summed E-state index contributed by atoms with van der Waals surface area (Å²) in [5.41, 5.74) is 3.88. The summed E-state index contributed by atoms with van der Waals surface area (Å²) in [4.78, 5) is 35.9. The zero-order valence-corrected chi connectivity index (χ0v) is 17.4. The van der Waals surface area contributed by atoms with Crippen molar-refractivity contribution in [3.05, 3.63) is 84.4 Å². The number of carbonyl (C=O) groups excluding carboxylic acids is 3. The summed E-state index contributed by atoms with van der Waals surface area (Å²) in [6, 6.07) is 24.1. The van der Waals surface area contributed by atoms with Crippen molar-refractivity contribution in [2.45, 2.75) is 26.4 Å². The monoisotopic (exact) mass is 416 g/mol. The van der Waals surface area contributed by atoms with Crippen molar-refractivity contribution >= 4 is 29.2 Å². The second-order valence-corrected chi connectivity index (χ2v) is 7.09. The zero-order valence-electron chi connectivity index (χ0n) is 17.4. The Morgan fingerprint density at radius 2 is 1.48 bits per heavy atom. The number of nitrogens with one attached hydrogen (secondary N) is 2. The van der Waals surface area contributed by atoms with E-state index in [1.165, 1.54) is 13.8 Å². The van der Waals surface area contributed by atoms with Gasteiger partial charge in [-0.2, -0.15) is 0 Å². The van der Waals surface area contributed by atoms with Crippen LogP contribution in [0.4, 0.5) is 11.4 Å². The molecule has 0 heterocycles. The molecular weight excluding hydrogens is 392 g/mol. The summed E-state index contributed by atoms with van der Waals surface area (Å²) < 4.78 is 5.31. The highest BCUT2D eigenvalue weighted by atomic mass is 16.5. The predicted molar refractivity (Wildman–Crippen MR) is 121 cm³/mol. The van der Waals surface area contributed by atoms with E-state index in [2.05, 4.69) is 10.6 Å². The van der Waals surface area contributed by atoms with Crippen molar-refractivity contribution in [3.8, 4) is 11.1 Å². The summed E-state index contributed by atoms with van der Waals surface area (Å²) in [5.74, 6) is -1.08. The number of anilines is 2. The molecule has 0 aliphatic carbocycles. The Hall–Kier alpha value is -3.93. The lowest BCUT2D eigenvalue weighted by molar-refractivity contribution is -0.152. The molecular formula is C25H24N2O4. The van der Waals surface area contributed by atoms with Crippen molar-refractivity contribution in [1.82, 2.24) is 0 Å². The summed E-state index contributed by atoms with van der Waals surface area (Å²) in [6.07, 6.45) is -0.923. The molecule has 0 saturated carbocycles. The molecule has 0 saturated heterocycles. The topological polar surface area (TPSA) is 84.5 Å². The van der Waals surface area contributed by atoms with Crippen LogP contribution in [-0.2, 0) is 25.5 Å². The molecule has 6 nitrogen and oxygen atoms in total. The number of carbonyl (C=O) groups is 3. The van der Waals surface area contributed by atoms with E-state index in [0.717, 1.165) is 16.7 Å². The van der Waals surface area contributed by atoms with Gasteiger partial charge in [-0.05, 0) is 36.2 Å². The van der Waals surface area contributed by atoms with E-state index in [0.29, 0.717) is 11.4 Å². The van der Waals surface area contributed by atoms with Gasteiger partial charge in [0.2, 0.25) is 5.91 Å². The van der Waals surface area contributed by atoms with Gasteiger partial charge in [0.1, 0.15) is 0 Å². The molecule has 0 radical (unpaired) electrons. The Balaban J connectivity index is 1.59. The summed E-state index contributed by atoms with van der Waals surface area (Å²) in [5, 5.41) is 5.51. The smallest absolute Gasteiger partial charge is 0.311 e. The standard InChI is InChI=1S/C25H24N2O4/c1-17(31-24(29)16-19-12-14-21(15-13-19)26-18(2)28)25(30)27-23-11-7-6-10-22(23)20-8-4-3-5-9-20/h3-15,17H,16H2,1-2H3,(H,26,28)(H,27,30)/t17-/m1/s1. The number of ether oxygens (including phenoxy) is 1. The van der Waals surface area contributed by atoms with E-state index in [-0.39, 0.29) is 12.3 Å². The van der Waals surface area contributed by atoms with Gasteiger partial charge < -0.3 is 15.4 Å². The SMILES string of the molecule is CC(=O)Nc1ccc(CC(=O)O[C@H](C)C(=O)Nc2ccccc2-c2ccccc2)cc1. The molecule has 0 unspecified atom stereocenters. The predicted octanol–water partition coefficient (Wildman–Crippen LogP) is 4.42. The molecule has 3 aromatic rings. The lowest BCUT2D eigenvalue weighted by Gasteiger charge is -2.16. The number of amides is 2. The average molecular weight is 416 g/mol. The first-order valence-electron chi connectivity index (χ1n) is 9.93. The van der Waals surface area contributed by atoms with Crippen LogP contribution in [0.1, 0.15) is 19.4 Å². The van der Waals surface area contributed by atoms with Crippen molar-refractivity contribution in [3.63, 3.8) is 0 Å². The van der Waals surface area contributed by atoms with E-state index >= 15 is 0 Å². The number of para-hydroxylation sites is 1. The summed E-state index contributed by atoms with van der Waals surface area (Å²) in [7, 11) is 0. The highest BCUT2D eigenvalue weighted by Gasteiger charge is 2.19. The highest BCUT2D eigenvalue weighted by molar-refractivity contribution is 5.98. The Labute approximate surface area is 181 Å². The van der Waals surface area contributed by atoms with Gasteiger partial charge in [0.15, 0.2) is 6.10 Å². The molecule has 0 aliphatic rings. The normalized spacial score (nSPS) is 11.3. The fourth-order valence-electron chi connectivity index (χ4n) is 3.06. The molecule has 0 aliphatic heterocycles. The molecule has 0 spiro atoms. The molecule has 0 fully saturated rings. The third kappa shape index (κ3) is 6.27. The largest absolute Gasteiger partial charge is 0.452 e. The van der Waals surface area contributed by atoms with Crippen molar-refractivity contribution in [2.75, 3.05) is 10.6 Å². The molecule has 6 heteroatoms. The van der Waals surface area contributed by atoms with Gasteiger partial charge in [-0.1, -0.05) is 60.7 Å². The number of rotatable bonds is 7. The van der Waals surface area contributed by atoms with E-state index in [9.17, 15) is 14.4 Å². The van der Waals surface area contributed by atoms with Crippen molar-refractivity contribution in [1.29, 1.82) is 0 Å². The number of hydrogen-bond acceptors (Lipinski definition) is 4. The minimum atomic E-state index is -0.949. The molecule has 0 aromatic heterocycles. The Morgan fingerprint density at radius 3 is 2.16 bits per heavy atom. The molecule has 1 atom stereocenters. The first-order chi connectivity index (χ1) is 14.9. The molecule has 158 valence electrons. The summed E-state index contributed by atoms with van der Waals surface area (Å²) >= 11 is 0. The molecule has 2 amide bonds. The fraction of sp³-hybridized carbons (Fsp3) is 0.160. The van der Waals surface area contributed by atoms with Crippen LogP contribution in [0.5, 0.6) is 0 Å². The van der Waals surface area contributed by atoms with Gasteiger partial charge in [-0.3, -0.25) is 14.4 Å². The molecule has 2 N–H and O–H groups in total. The van der Waals surface area contributed by atoms with Crippen molar-refractivity contribution in [2.24, 2.45) is 0 Å². The van der Waals surface area contributed by atoms with Crippen LogP contribution < -0.4 is 10.6 Å². The van der Waals surface area contributed by atoms with Crippen LogP contribution in [0, 0.1) is 0 Å². The van der Waals surface area contributed by atoms with Gasteiger partial charge in [0.25, 0.3) is 5.91 Å². The Morgan fingerprint density at radius 1 is 0.839 bits per heavy atom. The second kappa shape index (κ2) is 10.2. The fourth-order valence-corrected chi connectivity index (χ4v) is 3.06. The minimum Gasteiger partial charge on any atom is -0.452 e. The Kier molecular flexibility index (Phi) is 7.17. The van der Waals surface area contributed by atoms with Crippen LogP contribution in [0.25, 0.3) is 11.1 Å². The van der Waals surface area contributed by atoms with Crippen LogP contribution in [0.15, 0.2) is 78.9 Å². The minimum absolute atomic E-state index is 0.0264. The first kappa shape index (κ1) is 21.8. The van der Waals surface area contributed by atoms with E-state index in [1.54, 1.807) is 24.3 Å². The first-order valence-corrected chi connectivity index (χ1v) is 9.93. The number of hydrogen-bond donors (Lipinski definition) is 2. The second-order valence-electron chi connectivity index (χ2n) is 7.09. The molecule has 3 rings (SSSR count). The zero-order chi connectivity index (χ0) is 22.2. The molecule has 0 bridgehead atoms. The van der Waals surface area contributed by atoms with Crippen LogP contribution in [-0.4, -0.2) is 23.9 Å². The number of benzene rings is 3. The third-order valence-corrected chi connectivity index (χ3v) is 4.57. The van der Waals surface area contributed by atoms with Crippen molar-refractivity contribution < 1.29 is 19.1 Å². The van der Waals surface area contributed by atoms with Crippen LogP contribution in [0.2, 0.25) is 0 Å². The van der Waals surface area contributed by atoms with Gasteiger partial charge in [-0.15, -0.1) is 0 Å². The van der Waals surface area contributed by atoms with E-state index in [4.69, 9.17) is 4.74 Å². The quantitative estimate of drug-likeness (QED) is 0.558. The average Bonchev–Trinajstić information content (AvgIpc) is 2.75. The van der Waals surface area contributed by atoms with Crippen LogP contribution in [0.3, 0.4) is 0 Å². The maximum absolute atomic E-state index is 12.6. The van der Waals surface area contributed by atoms with Crippen LogP contribution >= 0.6 is 0 Å². The third-order valence-electron chi connectivity index (χ3n) is 4.57. The lowest BCUT2D eigenvalue weighted by atomic mass is 10.0. The highest BCUT2D eigenvalue weighted by Crippen LogP contribution is 2.27. The molecule has 31 heavy (non-hydrogen) atoms. The Bertz CT molecular complexity index is 1060. The van der Waals surface area contributed by atoms with Gasteiger partial charge in [0, 0.05) is 23.9 Å². The van der Waals surface area contributed by atoms with E-state index < -0.39 is 18.0 Å². The maximum atomic E-state index is 12.6. The summed E-state index contributed by atoms with van der Waals surface area (Å²) in [6.45, 7) is 2.97. The van der Waals surface area contributed by atoms with Gasteiger partial charge in [0.05, 0.1) is 6.42 Å². The van der Waals surface area contributed by atoms with E-state index in [1.807, 2.05) is 54.6 Å².